The number of benzene rings is 1. The van der Waals surface area contributed by atoms with E-state index in [9.17, 15) is 18.8 Å². The van der Waals surface area contributed by atoms with Crippen LogP contribution in [0.4, 0.5) is 14.9 Å². The molecule has 2 aromatic rings. The molecule has 0 radical (unpaired) electrons. The lowest BCUT2D eigenvalue weighted by molar-refractivity contribution is -0.122. The van der Waals surface area contributed by atoms with Crippen molar-refractivity contribution in [1.29, 1.82) is 0 Å². The second-order valence-electron chi connectivity index (χ2n) is 4.58. The molecule has 1 fully saturated rings. The van der Waals surface area contributed by atoms with E-state index in [2.05, 4.69) is 21.2 Å². The van der Waals surface area contributed by atoms with Crippen molar-refractivity contribution in [3.63, 3.8) is 0 Å². The van der Waals surface area contributed by atoms with Crippen molar-refractivity contribution in [1.82, 2.24) is 5.32 Å². The van der Waals surface area contributed by atoms with E-state index in [1.165, 1.54) is 29.5 Å². The van der Waals surface area contributed by atoms with Crippen LogP contribution in [0.25, 0.3) is 6.08 Å². The number of carbonyl (C=O) groups is 3. The number of halogens is 2. The molecule has 1 aliphatic heterocycles. The number of carbonyl (C=O) groups excluding carboxylic acids is 3. The van der Waals surface area contributed by atoms with Gasteiger partial charge in [-0.2, -0.15) is 0 Å². The standard InChI is InChI=1S/C15H8BrFN2O3S/c16-12-6-5-10(23-12)7-11-13(20)18-15(22)19(14(11)21)9-3-1-8(17)2-4-9/h1-7H,(H,18,20,22). The Morgan fingerprint density at radius 1 is 1.09 bits per heavy atom. The number of imide groups is 2. The number of rotatable bonds is 2. The molecule has 0 unspecified atom stereocenters. The van der Waals surface area contributed by atoms with Gasteiger partial charge < -0.3 is 0 Å². The van der Waals surface area contributed by atoms with E-state index in [4.69, 9.17) is 0 Å². The minimum atomic E-state index is -0.865. The molecule has 8 heteroatoms. The lowest BCUT2D eigenvalue weighted by Crippen LogP contribution is -2.54. The summed E-state index contributed by atoms with van der Waals surface area (Å²) in [6.07, 6.45) is 1.41. The average Bonchev–Trinajstić information content (AvgIpc) is 2.91. The first-order valence-electron chi connectivity index (χ1n) is 6.38. The largest absolute Gasteiger partial charge is 0.335 e. The van der Waals surface area contributed by atoms with Crippen LogP contribution in [0.5, 0.6) is 0 Å². The number of amides is 4. The second-order valence-corrected chi connectivity index (χ2v) is 7.07. The van der Waals surface area contributed by atoms with Gasteiger partial charge in [-0.3, -0.25) is 14.9 Å². The molecule has 0 aliphatic carbocycles. The van der Waals surface area contributed by atoms with Crippen LogP contribution >= 0.6 is 27.3 Å². The summed E-state index contributed by atoms with van der Waals surface area (Å²) in [5.74, 6) is -2.01. The van der Waals surface area contributed by atoms with E-state index < -0.39 is 23.7 Å². The molecule has 1 aromatic heterocycles. The van der Waals surface area contributed by atoms with Crippen LogP contribution in [0, 0.1) is 5.82 Å². The Hall–Kier alpha value is -2.32. The van der Waals surface area contributed by atoms with Crippen molar-refractivity contribution >= 4 is 56.9 Å². The van der Waals surface area contributed by atoms with Crippen molar-refractivity contribution < 1.29 is 18.8 Å². The third-order valence-corrected chi connectivity index (χ3v) is 4.64. The topological polar surface area (TPSA) is 66.5 Å². The molecule has 1 saturated heterocycles. The molecule has 23 heavy (non-hydrogen) atoms. The number of anilines is 1. The van der Waals surface area contributed by atoms with Crippen molar-refractivity contribution in [2.75, 3.05) is 4.90 Å². The molecular formula is C15H8BrFN2O3S. The third-order valence-electron chi connectivity index (χ3n) is 3.07. The van der Waals surface area contributed by atoms with Gasteiger partial charge in [-0.05, 0) is 58.4 Å². The molecule has 2 heterocycles. The van der Waals surface area contributed by atoms with Gasteiger partial charge in [-0.15, -0.1) is 11.3 Å². The first-order valence-corrected chi connectivity index (χ1v) is 7.99. The smallest absolute Gasteiger partial charge is 0.273 e. The molecule has 4 amide bonds. The number of nitrogens with zero attached hydrogens (tertiary/aromatic N) is 1. The van der Waals surface area contributed by atoms with E-state index in [0.29, 0.717) is 4.88 Å². The lowest BCUT2D eigenvalue weighted by atomic mass is 10.1. The predicted molar refractivity (Wildman–Crippen MR) is 87.4 cm³/mol. The Bertz CT molecular complexity index is 845. The van der Waals surface area contributed by atoms with Crippen molar-refractivity contribution in [2.24, 2.45) is 0 Å². The fraction of sp³-hybridized carbons (Fsp3) is 0. The van der Waals surface area contributed by atoms with Gasteiger partial charge in [-0.1, -0.05) is 0 Å². The van der Waals surface area contributed by atoms with Gasteiger partial charge in [-0.25, -0.2) is 14.1 Å². The van der Waals surface area contributed by atoms with Crippen LogP contribution in [-0.4, -0.2) is 17.8 Å². The zero-order valence-corrected chi connectivity index (χ0v) is 13.8. The number of urea groups is 1. The molecule has 0 atom stereocenters. The van der Waals surface area contributed by atoms with Gasteiger partial charge in [0.25, 0.3) is 11.8 Å². The van der Waals surface area contributed by atoms with Crippen LogP contribution < -0.4 is 10.2 Å². The fourth-order valence-corrected chi connectivity index (χ4v) is 3.40. The minimum absolute atomic E-state index is 0.164. The summed E-state index contributed by atoms with van der Waals surface area (Å²) in [6, 6.07) is 7.50. The van der Waals surface area contributed by atoms with E-state index in [1.807, 2.05) is 0 Å². The summed E-state index contributed by atoms with van der Waals surface area (Å²) < 4.78 is 13.9. The Kier molecular flexibility index (Phi) is 4.10. The van der Waals surface area contributed by atoms with Gasteiger partial charge >= 0.3 is 6.03 Å². The molecule has 5 nitrogen and oxygen atoms in total. The van der Waals surface area contributed by atoms with Crippen LogP contribution in [0.1, 0.15) is 4.88 Å². The van der Waals surface area contributed by atoms with Crippen LogP contribution in [-0.2, 0) is 9.59 Å². The van der Waals surface area contributed by atoms with Gasteiger partial charge in [0.1, 0.15) is 11.4 Å². The van der Waals surface area contributed by atoms with Gasteiger partial charge in [0.15, 0.2) is 0 Å². The zero-order valence-electron chi connectivity index (χ0n) is 11.4. The van der Waals surface area contributed by atoms with Crippen molar-refractivity contribution in [2.45, 2.75) is 0 Å². The van der Waals surface area contributed by atoms with Gasteiger partial charge in [0.2, 0.25) is 0 Å². The first kappa shape index (κ1) is 15.6. The Morgan fingerprint density at radius 3 is 2.39 bits per heavy atom. The van der Waals surface area contributed by atoms with E-state index in [1.54, 1.807) is 12.1 Å². The highest BCUT2D eigenvalue weighted by molar-refractivity contribution is 9.11. The summed E-state index contributed by atoms with van der Waals surface area (Å²) in [4.78, 5) is 37.9. The Balaban J connectivity index is 2.00. The second kappa shape index (κ2) is 6.05. The maximum absolute atomic E-state index is 13.0. The molecule has 0 bridgehead atoms. The zero-order chi connectivity index (χ0) is 16.6. The third kappa shape index (κ3) is 3.08. The number of nitrogens with one attached hydrogen (secondary N) is 1. The number of hydrogen-bond donors (Lipinski definition) is 1. The Labute approximate surface area is 142 Å². The van der Waals surface area contributed by atoms with Gasteiger partial charge in [0, 0.05) is 4.88 Å². The maximum atomic E-state index is 13.0. The van der Waals surface area contributed by atoms with Crippen LogP contribution in [0.2, 0.25) is 0 Å². The van der Waals surface area contributed by atoms with E-state index in [-0.39, 0.29) is 11.3 Å². The number of barbiturate groups is 1. The van der Waals surface area contributed by atoms with Crippen molar-refractivity contribution in [3.8, 4) is 0 Å². The maximum Gasteiger partial charge on any atom is 0.335 e. The summed E-state index contributed by atoms with van der Waals surface area (Å²) in [6.45, 7) is 0. The SMILES string of the molecule is O=C1NC(=O)N(c2ccc(F)cc2)C(=O)C1=Cc1ccc(Br)s1. The molecule has 3 rings (SSSR count). The normalized spacial score (nSPS) is 16.9. The highest BCUT2D eigenvalue weighted by atomic mass is 79.9. The summed E-state index contributed by atoms with van der Waals surface area (Å²) in [5.41, 5.74) is 0.0166. The summed E-state index contributed by atoms with van der Waals surface area (Å²) >= 11 is 4.64. The Morgan fingerprint density at radius 2 is 1.78 bits per heavy atom. The predicted octanol–water partition coefficient (Wildman–Crippen LogP) is 3.32. The number of thiophene rings is 1. The van der Waals surface area contributed by atoms with Crippen LogP contribution in [0.15, 0.2) is 45.8 Å². The highest BCUT2D eigenvalue weighted by Crippen LogP contribution is 2.26. The number of hydrogen-bond acceptors (Lipinski definition) is 4. The van der Waals surface area contributed by atoms with Gasteiger partial charge in [0.05, 0.1) is 9.47 Å². The van der Waals surface area contributed by atoms with E-state index in [0.717, 1.165) is 20.8 Å². The highest BCUT2D eigenvalue weighted by Gasteiger charge is 2.36. The quantitative estimate of drug-likeness (QED) is 0.627. The molecule has 1 aliphatic rings. The summed E-state index contributed by atoms with van der Waals surface area (Å²) in [5, 5.41) is 2.11. The lowest BCUT2D eigenvalue weighted by Gasteiger charge is -2.26. The molecule has 1 N–H and O–H groups in total. The average molecular weight is 395 g/mol. The first-order chi connectivity index (χ1) is 11.0. The molecule has 0 saturated carbocycles. The molecule has 1 aromatic carbocycles. The summed E-state index contributed by atoms with van der Waals surface area (Å²) in [7, 11) is 0. The minimum Gasteiger partial charge on any atom is -0.273 e. The van der Waals surface area contributed by atoms with Crippen LogP contribution in [0.3, 0.4) is 0 Å². The monoisotopic (exact) mass is 394 g/mol. The molecule has 0 spiro atoms. The molecular weight excluding hydrogens is 387 g/mol. The van der Waals surface area contributed by atoms with E-state index >= 15 is 0 Å². The van der Waals surface area contributed by atoms with Crippen molar-refractivity contribution in [3.05, 3.63) is 56.5 Å². The molecule has 116 valence electrons. The fourth-order valence-electron chi connectivity index (χ4n) is 2.03.